The summed E-state index contributed by atoms with van der Waals surface area (Å²) in [6.45, 7) is 1.55. The highest BCUT2D eigenvalue weighted by atomic mass is 35.5. The Bertz CT molecular complexity index is 482. The standard InChI is InChI=1S/C14H18Cl2N2O2/c1-17-10-3-2-6-18(8-10)14(19)9-20-11-4-5-12(15)13(16)7-11/h4-5,7,10,17H,2-3,6,8-9H2,1H3. The molecule has 4 nitrogen and oxygen atoms in total. The number of carbonyl (C=O) groups is 1. The van der Waals surface area contributed by atoms with Crippen LogP contribution in [0.4, 0.5) is 0 Å². The molecule has 1 unspecified atom stereocenters. The fraction of sp³-hybridized carbons (Fsp3) is 0.500. The number of ether oxygens (including phenoxy) is 1. The van der Waals surface area contributed by atoms with Gasteiger partial charge in [-0.3, -0.25) is 4.79 Å². The van der Waals surface area contributed by atoms with Gasteiger partial charge in [0.15, 0.2) is 6.61 Å². The van der Waals surface area contributed by atoms with Crippen LogP contribution in [-0.4, -0.2) is 43.6 Å². The molecular formula is C14H18Cl2N2O2. The molecule has 1 aromatic rings. The first kappa shape index (κ1) is 15.4. The third kappa shape index (κ3) is 4.01. The highest BCUT2D eigenvalue weighted by Gasteiger charge is 2.22. The van der Waals surface area contributed by atoms with Gasteiger partial charge in [0.1, 0.15) is 5.75 Å². The van der Waals surface area contributed by atoms with Crippen LogP contribution in [0.1, 0.15) is 12.8 Å². The van der Waals surface area contributed by atoms with Crippen molar-refractivity contribution in [3.05, 3.63) is 28.2 Å². The highest BCUT2D eigenvalue weighted by molar-refractivity contribution is 6.42. The zero-order valence-electron chi connectivity index (χ0n) is 11.4. The Morgan fingerprint density at radius 2 is 2.25 bits per heavy atom. The van der Waals surface area contributed by atoms with Gasteiger partial charge in [0.2, 0.25) is 0 Å². The minimum Gasteiger partial charge on any atom is -0.484 e. The lowest BCUT2D eigenvalue weighted by Gasteiger charge is -2.32. The second-order valence-corrected chi connectivity index (χ2v) is 5.65. The van der Waals surface area contributed by atoms with Gasteiger partial charge < -0.3 is 15.0 Å². The molecule has 1 amide bonds. The molecule has 1 aromatic carbocycles. The number of likely N-dealkylation sites (N-methyl/N-ethyl adjacent to an activating group) is 1. The summed E-state index contributed by atoms with van der Waals surface area (Å²) < 4.78 is 5.47. The number of benzene rings is 1. The second kappa shape index (κ2) is 7.16. The molecular weight excluding hydrogens is 299 g/mol. The van der Waals surface area contributed by atoms with Gasteiger partial charge in [-0.05, 0) is 32.0 Å². The normalized spacial score (nSPS) is 18.9. The average molecular weight is 317 g/mol. The first-order valence-corrected chi connectivity index (χ1v) is 7.38. The molecule has 2 rings (SSSR count). The Morgan fingerprint density at radius 3 is 2.95 bits per heavy atom. The Balaban J connectivity index is 1.86. The first-order valence-electron chi connectivity index (χ1n) is 6.63. The molecule has 1 aliphatic heterocycles. The minimum atomic E-state index is -0.00368. The zero-order chi connectivity index (χ0) is 14.5. The van der Waals surface area contributed by atoms with Crippen molar-refractivity contribution < 1.29 is 9.53 Å². The van der Waals surface area contributed by atoms with E-state index in [9.17, 15) is 4.79 Å². The molecule has 0 radical (unpaired) electrons. The summed E-state index contributed by atoms with van der Waals surface area (Å²) >= 11 is 11.7. The molecule has 0 aliphatic carbocycles. The van der Waals surface area contributed by atoms with Crippen molar-refractivity contribution in [3.8, 4) is 5.75 Å². The van der Waals surface area contributed by atoms with Crippen LogP contribution in [0.15, 0.2) is 18.2 Å². The van der Waals surface area contributed by atoms with Gasteiger partial charge in [0.05, 0.1) is 10.0 Å². The maximum absolute atomic E-state index is 12.1. The van der Waals surface area contributed by atoms with Gasteiger partial charge in [-0.15, -0.1) is 0 Å². The maximum atomic E-state index is 12.1. The molecule has 0 bridgehead atoms. The van der Waals surface area contributed by atoms with Crippen molar-refractivity contribution in [1.82, 2.24) is 10.2 Å². The second-order valence-electron chi connectivity index (χ2n) is 4.83. The Labute approximate surface area is 129 Å². The third-order valence-corrected chi connectivity index (χ3v) is 4.17. The van der Waals surface area contributed by atoms with Crippen molar-refractivity contribution >= 4 is 29.1 Å². The predicted molar refractivity (Wildman–Crippen MR) is 80.6 cm³/mol. The highest BCUT2D eigenvalue weighted by Crippen LogP contribution is 2.26. The Hall–Kier alpha value is -0.970. The van der Waals surface area contributed by atoms with Gasteiger partial charge in [0.25, 0.3) is 5.91 Å². The van der Waals surface area contributed by atoms with Crippen molar-refractivity contribution in [1.29, 1.82) is 0 Å². The molecule has 0 saturated carbocycles. The molecule has 1 aliphatic rings. The van der Waals surface area contributed by atoms with Crippen LogP contribution < -0.4 is 10.1 Å². The van der Waals surface area contributed by atoms with Gasteiger partial charge in [-0.2, -0.15) is 0 Å². The fourth-order valence-corrected chi connectivity index (χ4v) is 2.53. The molecule has 20 heavy (non-hydrogen) atoms. The largest absolute Gasteiger partial charge is 0.484 e. The van der Waals surface area contributed by atoms with E-state index in [2.05, 4.69) is 5.32 Å². The quantitative estimate of drug-likeness (QED) is 0.928. The van der Waals surface area contributed by atoms with E-state index in [1.165, 1.54) is 0 Å². The summed E-state index contributed by atoms with van der Waals surface area (Å²) in [5, 5.41) is 4.10. The lowest BCUT2D eigenvalue weighted by atomic mass is 10.1. The number of piperidine rings is 1. The van der Waals surface area contributed by atoms with Crippen LogP contribution in [0.2, 0.25) is 10.0 Å². The number of halogens is 2. The lowest BCUT2D eigenvalue weighted by molar-refractivity contribution is -0.134. The first-order chi connectivity index (χ1) is 9.60. The maximum Gasteiger partial charge on any atom is 0.260 e. The van der Waals surface area contributed by atoms with E-state index in [1.807, 2.05) is 11.9 Å². The van der Waals surface area contributed by atoms with E-state index in [1.54, 1.807) is 18.2 Å². The molecule has 6 heteroatoms. The number of rotatable bonds is 4. The van der Waals surface area contributed by atoms with E-state index in [-0.39, 0.29) is 12.5 Å². The number of carbonyl (C=O) groups excluding carboxylic acids is 1. The minimum absolute atomic E-state index is 0.00368. The van der Waals surface area contributed by atoms with Crippen LogP contribution >= 0.6 is 23.2 Å². The van der Waals surface area contributed by atoms with E-state index < -0.39 is 0 Å². The van der Waals surface area contributed by atoms with E-state index in [0.717, 1.165) is 25.9 Å². The van der Waals surface area contributed by atoms with Crippen LogP contribution in [0.5, 0.6) is 5.75 Å². The van der Waals surface area contributed by atoms with Gasteiger partial charge in [-0.1, -0.05) is 23.2 Å². The van der Waals surface area contributed by atoms with E-state index in [4.69, 9.17) is 27.9 Å². The molecule has 1 heterocycles. The number of hydrogen-bond donors (Lipinski definition) is 1. The Morgan fingerprint density at radius 1 is 1.45 bits per heavy atom. The molecule has 0 aromatic heterocycles. The zero-order valence-corrected chi connectivity index (χ0v) is 12.9. The SMILES string of the molecule is CNC1CCCN(C(=O)COc2ccc(Cl)c(Cl)c2)C1. The van der Waals surface area contributed by atoms with Crippen LogP contribution in [0, 0.1) is 0 Å². The number of hydrogen-bond acceptors (Lipinski definition) is 3. The molecule has 1 N–H and O–H groups in total. The fourth-order valence-electron chi connectivity index (χ4n) is 2.24. The molecule has 1 fully saturated rings. The van der Waals surface area contributed by atoms with Gasteiger partial charge in [-0.25, -0.2) is 0 Å². The summed E-state index contributed by atoms with van der Waals surface area (Å²) in [7, 11) is 1.92. The number of nitrogens with zero attached hydrogens (tertiary/aromatic N) is 1. The monoisotopic (exact) mass is 316 g/mol. The lowest BCUT2D eigenvalue weighted by Crippen LogP contribution is -2.48. The molecule has 0 spiro atoms. The van der Waals surface area contributed by atoms with E-state index in [0.29, 0.717) is 21.8 Å². The number of amides is 1. The van der Waals surface area contributed by atoms with E-state index >= 15 is 0 Å². The van der Waals surface area contributed by atoms with Gasteiger partial charge >= 0.3 is 0 Å². The summed E-state index contributed by atoms with van der Waals surface area (Å²) in [6.07, 6.45) is 2.12. The van der Waals surface area contributed by atoms with Crippen LogP contribution in [-0.2, 0) is 4.79 Å². The van der Waals surface area contributed by atoms with Crippen molar-refractivity contribution in [3.63, 3.8) is 0 Å². The smallest absolute Gasteiger partial charge is 0.260 e. The summed E-state index contributed by atoms with van der Waals surface area (Å²) in [5.41, 5.74) is 0. The van der Waals surface area contributed by atoms with Crippen LogP contribution in [0.3, 0.4) is 0 Å². The van der Waals surface area contributed by atoms with Crippen LogP contribution in [0.25, 0.3) is 0 Å². The number of likely N-dealkylation sites (tertiary alicyclic amines) is 1. The summed E-state index contributed by atoms with van der Waals surface area (Å²) in [4.78, 5) is 13.9. The topological polar surface area (TPSA) is 41.6 Å². The third-order valence-electron chi connectivity index (χ3n) is 3.44. The summed E-state index contributed by atoms with van der Waals surface area (Å²) in [6, 6.07) is 5.34. The number of nitrogens with one attached hydrogen (secondary N) is 1. The van der Waals surface area contributed by atoms with Crippen molar-refractivity contribution in [2.75, 3.05) is 26.7 Å². The Kier molecular flexibility index (Phi) is 5.52. The molecule has 110 valence electrons. The average Bonchev–Trinajstić information content (AvgIpc) is 2.48. The predicted octanol–water partition coefficient (Wildman–Crippen LogP) is 2.58. The van der Waals surface area contributed by atoms with Crippen molar-refractivity contribution in [2.24, 2.45) is 0 Å². The molecule has 1 atom stereocenters. The van der Waals surface area contributed by atoms with Gasteiger partial charge in [0, 0.05) is 25.2 Å². The molecule has 1 saturated heterocycles. The summed E-state index contributed by atoms with van der Waals surface area (Å²) in [5.74, 6) is 0.547. The van der Waals surface area contributed by atoms with Crippen molar-refractivity contribution in [2.45, 2.75) is 18.9 Å².